The van der Waals surface area contributed by atoms with Gasteiger partial charge in [-0.1, -0.05) is 25.1 Å². The fourth-order valence-corrected chi connectivity index (χ4v) is 5.16. The topological polar surface area (TPSA) is 62.3 Å². The number of nitrogens with one attached hydrogen (secondary N) is 1. The van der Waals surface area contributed by atoms with Crippen LogP contribution < -0.4 is 5.32 Å². The molecular weight excluding hydrogens is 366 g/mol. The average Bonchev–Trinajstić information content (AvgIpc) is 3.00. The van der Waals surface area contributed by atoms with E-state index in [1.807, 2.05) is 29.2 Å². The number of rotatable bonds is 5. The standard InChI is InChI=1S/C19H23N3O2S2/c1-2-15-5-7-17(8-6-15)21-19(25)22(13-16-4-3-10-20-12-16)18-9-11-26(23,24)14-18/h3-8,10,12,18H,2,9,11,13-14H2,1H3,(H,21,25)/t18-/m0/s1. The minimum absolute atomic E-state index is 0.116. The molecule has 7 heteroatoms. The van der Waals surface area contributed by atoms with Gasteiger partial charge in [-0.3, -0.25) is 4.98 Å². The maximum atomic E-state index is 11.9. The molecule has 0 saturated carbocycles. The Bertz CT molecular complexity index is 852. The van der Waals surface area contributed by atoms with Crippen LogP contribution in [0.25, 0.3) is 0 Å². The zero-order chi connectivity index (χ0) is 18.6. The monoisotopic (exact) mass is 389 g/mol. The number of nitrogens with zero attached hydrogens (tertiary/aromatic N) is 2. The van der Waals surface area contributed by atoms with Crippen molar-refractivity contribution in [2.45, 2.75) is 32.4 Å². The number of pyridine rings is 1. The Hall–Kier alpha value is -1.99. The SMILES string of the molecule is CCc1ccc(NC(=S)N(Cc2cccnc2)[C@H]2CCS(=O)(=O)C2)cc1. The van der Waals surface area contributed by atoms with Crippen molar-refractivity contribution in [3.8, 4) is 0 Å². The molecule has 3 rings (SSSR count). The van der Waals surface area contributed by atoms with Gasteiger partial charge in [0, 0.05) is 30.7 Å². The molecule has 0 radical (unpaired) electrons. The van der Waals surface area contributed by atoms with Gasteiger partial charge in [0.25, 0.3) is 0 Å². The van der Waals surface area contributed by atoms with Crippen LogP contribution in [-0.4, -0.2) is 41.0 Å². The number of aromatic nitrogens is 1. The molecule has 1 saturated heterocycles. The first-order valence-corrected chi connectivity index (χ1v) is 11.0. The minimum atomic E-state index is -2.99. The van der Waals surface area contributed by atoms with Gasteiger partial charge in [0.1, 0.15) is 0 Å². The lowest BCUT2D eigenvalue weighted by atomic mass is 10.1. The zero-order valence-electron chi connectivity index (χ0n) is 14.8. The highest BCUT2D eigenvalue weighted by Crippen LogP contribution is 2.21. The van der Waals surface area contributed by atoms with Crippen molar-refractivity contribution in [2.75, 3.05) is 16.8 Å². The second-order valence-corrected chi connectivity index (χ2v) is 9.14. The Morgan fingerprint density at radius 2 is 2.04 bits per heavy atom. The summed E-state index contributed by atoms with van der Waals surface area (Å²) in [5.41, 5.74) is 3.17. The molecule has 1 fully saturated rings. The summed E-state index contributed by atoms with van der Waals surface area (Å²) in [5, 5.41) is 3.80. The Balaban J connectivity index is 1.78. The lowest BCUT2D eigenvalue weighted by Gasteiger charge is -2.31. The highest BCUT2D eigenvalue weighted by Gasteiger charge is 2.33. The highest BCUT2D eigenvalue weighted by molar-refractivity contribution is 7.91. The maximum absolute atomic E-state index is 11.9. The van der Waals surface area contributed by atoms with Crippen molar-refractivity contribution in [1.29, 1.82) is 0 Å². The molecule has 2 aromatic rings. The molecule has 1 aromatic heterocycles. The Kier molecular flexibility index (Phi) is 5.88. The van der Waals surface area contributed by atoms with Crippen LogP contribution >= 0.6 is 12.2 Å². The van der Waals surface area contributed by atoms with Gasteiger partial charge in [0.05, 0.1) is 11.5 Å². The third kappa shape index (κ3) is 4.80. The van der Waals surface area contributed by atoms with E-state index < -0.39 is 9.84 Å². The van der Waals surface area contributed by atoms with Gasteiger partial charge in [0.15, 0.2) is 14.9 Å². The summed E-state index contributed by atoms with van der Waals surface area (Å²) in [7, 11) is -2.99. The van der Waals surface area contributed by atoms with E-state index in [0.717, 1.165) is 17.7 Å². The lowest BCUT2D eigenvalue weighted by molar-refractivity contribution is 0.332. The van der Waals surface area contributed by atoms with E-state index in [4.69, 9.17) is 12.2 Å². The van der Waals surface area contributed by atoms with Crippen LogP contribution in [0.1, 0.15) is 24.5 Å². The summed E-state index contributed by atoms with van der Waals surface area (Å²) in [5.74, 6) is 0.360. The van der Waals surface area contributed by atoms with Crippen molar-refractivity contribution in [1.82, 2.24) is 9.88 Å². The molecule has 1 atom stereocenters. The maximum Gasteiger partial charge on any atom is 0.174 e. The molecule has 0 spiro atoms. The van der Waals surface area contributed by atoms with Crippen molar-refractivity contribution in [3.05, 3.63) is 59.9 Å². The summed E-state index contributed by atoms with van der Waals surface area (Å²) in [6.45, 7) is 2.65. The third-order valence-corrected chi connectivity index (χ3v) is 6.69. The molecule has 1 aromatic carbocycles. The van der Waals surface area contributed by atoms with Gasteiger partial charge in [0.2, 0.25) is 0 Å². The van der Waals surface area contributed by atoms with Crippen LogP contribution in [-0.2, 0) is 22.8 Å². The van der Waals surface area contributed by atoms with E-state index in [2.05, 4.69) is 29.4 Å². The summed E-state index contributed by atoms with van der Waals surface area (Å²) in [6, 6.07) is 11.9. The molecule has 26 heavy (non-hydrogen) atoms. The summed E-state index contributed by atoms with van der Waals surface area (Å²) in [6.07, 6.45) is 5.09. The normalized spacial score (nSPS) is 18.4. The number of thiocarbonyl (C=S) groups is 1. The average molecular weight is 390 g/mol. The molecule has 1 aliphatic heterocycles. The van der Waals surface area contributed by atoms with Gasteiger partial charge in [-0.15, -0.1) is 0 Å². The molecule has 0 aliphatic carbocycles. The predicted octanol–water partition coefficient (Wildman–Crippen LogP) is 3.03. The smallest absolute Gasteiger partial charge is 0.174 e. The van der Waals surface area contributed by atoms with Crippen LogP contribution in [0, 0.1) is 0 Å². The molecule has 2 heterocycles. The van der Waals surface area contributed by atoms with Crippen LogP contribution in [0.4, 0.5) is 5.69 Å². The molecular formula is C19H23N3O2S2. The fraction of sp³-hybridized carbons (Fsp3) is 0.368. The summed E-state index contributed by atoms with van der Waals surface area (Å²) >= 11 is 5.63. The van der Waals surface area contributed by atoms with E-state index in [1.165, 1.54) is 5.56 Å². The predicted molar refractivity (Wildman–Crippen MR) is 109 cm³/mol. The Labute approximate surface area is 160 Å². The van der Waals surface area contributed by atoms with Crippen molar-refractivity contribution in [2.24, 2.45) is 0 Å². The van der Waals surface area contributed by atoms with Gasteiger partial charge in [-0.2, -0.15) is 0 Å². The molecule has 0 amide bonds. The first-order chi connectivity index (χ1) is 12.5. The zero-order valence-corrected chi connectivity index (χ0v) is 16.4. The molecule has 138 valence electrons. The molecule has 1 aliphatic rings. The van der Waals surface area contributed by atoms with Gasteiger partial charge in [-0.05, 0) is 54.4 Å². The van der Waals surface area contributed by atoms with Crippen LogP contribution in [0.3, 0.4) is 0 Å². The van der Waals surface area contributed by atoms with Crippen LogP contribution in [0.2, 0.25) is 0 Å². The second kappa shape index (κ2) is 8.14. The largest absolute Gasteiger partial charge is 0.341 e. The summed E-state index contributed by atoms with van der Waals surface area (Å²) < 4.78 is 23.9. The van der Waals surface area contributed by atoms with Gasteiger partial charge < -0.3 is 10.2 Å². The van der Waals surface area contributed by atoms with Crippen LogP contribution in [0.15, 0.2) is 48.8 Å². The fourth-order valence-electron chi connectivity index (χ4n) is 3.10. The first-order valence-electron chi connectivity index (χ1n) is 8.73. The van der Waals surface area contributed by atoms with Crippen molar-refractivity contribution >= 4 is 32.9 Å². The quantitative estimate of drug-likeness (QED) is 0.793. The number of aryl methyl sites for hydroxylation is 1. The van der Waals surface area contributed by atoms with E-state index in [-0.39, 0.29) is 17.5 Å². The molecule has 0 bridgehead atoms. The number of benzene rings is 1. The number of hydrogen-bond acceptors (Lipinski definition) is 4. The molecule has 5 nitrogen and oxygen atoms in total. The Morgan fingerprint density at radius 3 is 2.62 bits per heavy atom. The van der Waals surface area contributed by atoms with E-state index >= 15 is 0 Å². The van der Waals surface area contributed by atoms with Gasteiger partial charge in [-0.25, -0.2) is 8.42 Å². The number of sulfone groups is 1. The highest BCUT2D eigenvalue weighted by atomic mass is 32.2. The van der Waals surface area contributed by atoms with Crippen molar-refractivity contribution in [3.63, 3.8) is 0 Å². The van der Waals surface area contributed by atoms with Gasteiger partial charge >= 0.3 is 0 Å². The van der Waals surface area contributed by atoms with Crippen LogP contribution in [0.5, 0.6) is 0 Å². The summed E-state index contributed by atoms with van der Waals surface area (Å²) in [4.78, 5) is 6.12. The molecule has 1 N–H and O–H groups in total. The first kappa shape index (κ1) is 18.8. The Morgan fingerprint density at radius 1 is 1.27 bits per heavy atom. The third-order valence-electron chi connectivity index (χ3n) is 4.60. The van der Waals surface area contributed by atoms with E-state index in [9.17, 15) is 8.42 Å². The number of hydrogen-bond donors (Lipinski definition) is 1. The lowest BCUT2D eigenvalue weighted by Crippen LogP contribution is -2.43. The van der Waals surface area contributed by atoms with Crippen molar-refractivity contribution < 1.29 is 8.42 Å². The van der Waals surface area contributed by atoms with E-state index in [0.29, 0.717) is 18.1 Å². The van der Waals surface area contributed by atoms with E-state index in [1.54, 1.807) is 12.4 Å². The minimum Gasteiger partial charge on any atom is -0.341 e. The second-order valence-electron chi connectivity index (χ2n) is 6.53. The number of anilines is 1. The molecule has 0 unspecified atom stereocenters.